The zero-order valence-electron chi connectivity index (χ0n) is 17.2. The van der Waals surface area contributed by atoms with E-state index in [4.69, 9.17) is 4.74 Å². The minimum atomic E-state index is -0.537. The van der Waals surface area contributed by atoms with E-state index in [0.29, 0.717) is 36.4 Å². The molecule has 3 aromatic rings. The summed E-state index contributed by atoms with van der Waals surface area (Å²) in [6.07, 6.45) is 4.13. The summed E-state index contributed by atoms with van der Waals surface area (Å²) in [5.41, 5.74) is 3.34. The number of carbonyl (C=O) groups excluding carboxylic acids is 2. The molecule has 0 unspecified atom stereocenters. The number of methoxy groups -OCH3 is 1. The standard InChI is InChI=1S/C23H21FN4O3/c1-25-22(29)19-6-5-14(13-27-19)10-15-11-17-16(20(12-15)31-2)7-9-28(23(17)30)21-18(24)4-3-8-26-21/h3-6,8,11-13H,7,9-10H2,1-2H3,(H,25,29). The van der Waals surface area contributed by atoms with E-state index in [2.05, 4.69) is 15.3 Å². The van der Waals surface area contributed by atoms with E-state index in [1.165, 1.54) is 23.2 Å². The van der Waals surface area contributed by atoms with Crippen molar-refractivity contribution in [1.82, 2.24) is 15.3 Å². The van der Waals surface area contributed by atoms with Gasteiger partial charge in [0.2, 0.25) is 0 Å². The van der Waals surface area contributed by atoms with Gasteiger partial charge in [-0.3, -0.25) is 19.5 Å². The molecule has 2 amide bonds. The van der Waals surface area contributed by atoms with Crippen LogP contribution >= 0.6 is 0 Å². The average Bonchev–Trinajstić information content (AvgIpc) is 2.80. The number of ether oxygens (including phenoxy) is 1. The van der Waals surface area contributed by atoms with E-state index in [1.54, 1.807) is 32.5 Å². The summed E-state index contributed by atoms with van der Waals surface area (Å²) in [5.74, 6) is -0.459. The molecule has 0 bridgehead atoms. The van der Waals surface area contributed by atoms with Crippen molar-refractivity contribution >= 4 is 17.6 Å². The van der Waals surface area contributed by atoms with Crippen LogP contribution in [0.5, 0.6) is 5.75 Å². The lowest BCUT2D eigenvalue weighted by Crippen LogP contribution is -2.39. The molecule has 1 aromatic carbocycles. The molecule has 4 rings (SSSR count). The zero-order valence-corrected chi connectivity index (χ0v) is 17.2. The number of hydrogen-bond donors (Lipinski definition) is 1. The molecule has 2 aromatic heterocycles. The van der Waals surface area contributed by atoms with E-state index >= 15 is 0 Å². The molecule has 158 valence electrons. The molecule has 1 N–H and O–H groups in total. The van der Waals surface area contributed by atoms with Gasteiger partial charge in [-0.25, -0.2) is 9.37 Å². The summed E-state index contributed by atoms with van der Waals surface area (Å²) in [5, 5.41) is 2.53. The predicted octanol–water partition coefficient (Wildman–Crippen LogP) is 2.78. The van der Waals surface area contributed by atoms with Crippen LogP contribution in [0.15, 0.2) is 48.8 Å². The number of fused-ring (bicyclic) bond motifs is 1. The molecule has 7 nitrogen and oxygen atoms in total. The highest BCUT2D eigenvalue weighted by Crippen LogP contribution is 2.32. The van der Waals surface area contributed by atoms with Crippen molar-refractivity contribution in [2.45, 2.75) is 12.8 Å². The summed E-state index contributed by atoms with van der Waals surface area (Å²) >= 11 is 0. The first-order valence-electron chi connectivity index (χ1n) is 9.81. The number of rotatable bonds is 5. The molecule has 1 aliphatic rings. The summed E-state index contributed by atoms with van der Waals surface area (Å²) in [4.78, 5) is 34.5. The maximum absolute atomic E-state index is 14.2. The van der Waals surface area contributed by atoms with Crippen LogP contribution in [0.4, 0.5) is 10.2 Å². The Morgan fingerprint density at radius 1 is 1.23 bits per heavy atom. The lowest BCUT2D eigenvalue weighted by atomic mass is 9.93. The molecular formula is C23H21FN4O3. The third kappa shape index (κ3) is 3.96. The van der Waals surface area contributed by atoms with Crippen LogP contribution in [0.2, 0.25) is 0 Å². The van der Waals surface area contributed by atoms with Crippen molar-refractivity contribution < 1.29 is 18.7 Å². The van der Waals surface area contributed by atoms with Gasteiger partial charge < -0.3 is 10.1 Å². The molecule has 31 heavy (non-hydrogen) atoms. The number of anilines is 1. The summed E-state index contributed by atoms with van der Waals surface area (Å²) in [7, 11) is 3.11. The van der Waals surface area contributed by atoms with Crippen LogP contribution in [0.1, 0.15) is 37.5 Å². The zero-order chi connectivity index (χ0) is 22.0. The van der Waals surface area contributed by atoms with Gasteiger partial charge in [-0.15, -0.1) is 0 Å². The Bertz CT molecular complexity index is 1150. The number of benzene rings is 1. The minimum Gasteiger partial charge on any atom is -0.496 e. The predicted molar refractivity (Wildman–Crippen MR) is 113 cm³/mol. The highest BCUT2D eigenvalue weighted by molar-refractivity contribution is 6.08. The van der Waals surface area contributed by atoms with Crippen LogP contribution in [-0.4, -0.2) is 42.5 Å². The molecule has 0 aliphatic carbocycles. The Hall–Kier alpha value is -3.81. The fourth-order valence-electron chi connectivity index (χ4n) is 3.71. The molecule has 0 saturated heterocycles. The maximum Gasteiger partial charge on any atom is 0.269 e. The average molecular weight is 420 g/mol. The van der Waals surface area contributed by atoms with Crippen molar-refractivity contribution in [2.75, 3.05) is 25.6 Å². The maximum atomic E-state index is 14.2. The Balaban J connectivity index is 1.66. The smallest absolute Gasteiger partial charge is 0.269 e. The van der Waals surface area contributed by atoms with Gasteiger partial charge >= 0.3 is 0 Å². The van der Waals surface area contributed by atoms with Crippen molar-refractivity contribution in [3.63, 3.8) is 0 Å². The van der Waals surface area contributed by atoms with E-state index in [-0.39, 0.29) is 17.6 Å². The van der Waals surface area contributed by atoms with Crippen LogP contribution < -0.4 is 15.0 Å². The number of pyridine rings is 2. The first kappa shape index (κ1) is 20.5. The number of carbonyl (C=O) groups is 2. The Morgan fingerprint density at radius 3 is 2.74 bits per heavy atom. The summed E-state index contributed by atoms with van der Waals surface area (Å²) < 4.78 is 19.8. The van der Waals surface area contributed by atoms with Crippen molar-refractivity contribution in [3.05, 3.63) is 82.6 Å². The number of hydrogen-bond acceptors (Lipinski definition) is 5. The Morgan fingerprint density at radius 2 is 2.06 bits per heavy atom. The van der Waals surface area contributed by atoms with Gasteiger partial charge in [0.15, 0.2) is 11.6 Å². The molecule has 0 saturated carbocycles. The molecular weight excluding hydrogens is 399 g/mol. The molecule has 1 aliphatic heterocycles. The van der Waals surface area contributed by atoms with Crippen LogP contribution in [0, 0.1) is 5.82 Å². The second-order valence-electron chi connectivity index (χ2n) is 7.15. The van der Waals surface area contributed by atoms with E-state index in [1.807, 2.05) is 12.1 Å². The van der Waals surface area contributed by atoms with E-state index < -0.39 is 5.82 Å². The second kappa shape index (κ2) is 8.51. The van der Waals surface area contributed by atoms with E-state index in [9.17, 15) is 14.0 Å². The lowest BCUT2D eigenvalue weighted by molar-refractivity contribution is 0.0955. The van der Waals surface area contributed by atoms with Crippen molar-refractivity contribution in [1.29, 1.82) is 0 Å². The van der Waals surface area contributed by atoms with Gasteiger partial charge in [0.25, 0.3) is 11.8 Å². The second-order valence-corrected chi connectivity index (χ2v) is 7.15. The molecule has 0 fully saturated rings. The molecule has 0 atom stereocenters. The molecule has 3 heterocycles. The van der Waals surface area contributed by atoms with Gasteiger partial charge in [-0.05, 0) is 54.3 Å². The van der Waals surface area contributed by atoms with Gasteiger partial charge in [0.1, 0.15) is 11.4 Å². The first-order chi connectivity index (χ1) is 15.0. The lowest BCUT2D eigenvalue weighted by Gasteiger charge is -2.29. The van der Waals surface area contributed by atoms with Crippen molar-refractivity contribution in [2.24, 2.45) is 0 Å². The summed E-state index contributed by atoms with van der Waals surface area (Å²) in [6.45, 7) is 0.320. The van der Waals surface area contributed by atoms with E-state index in [0.717, 1.165) is 16.7 Å². The fraction of sp³-hybridized carbons (Fsp3) is 0.217. The number of aromatic nitrogens is 2. The topological polar surface area (TPSA) is 84.4 Å². The first-order valence-corrected chi connectivity index (χ1v) is 9.81. The number of nitrogens with zero attached hydrogens (tertiary/aromatic N) is 3. The fourth-order valence-corrected chi connectivity index (χ4v) is 3.71. The monoisotopic (exact) mass is 420 g/mol. The minimum absolute atomic E-state index is 0.0245. The largest absolute Gasteiger partial charge is 0.496 e. The Labute approximate surface area is 178 Å². The number of halogens is 1. The Kier molecular flexibility index (Phi) is 5.62. The number of amides is 2. The van der Waals surface area contributed by atoms with Gasteiger partial charge in [0, 0.05) is 37.1 Å². The molecule has 0 spiro atoms. The van der Waals surface area contributed by atoms with Gasteiger partial charge in [0.05, 0.1) is 7.11 Å². The van der Waals surface area contributed by atoms with Crippen LogP contribution in [0.25, 0.3) is 0 Å². The number of nitrogens with one attached hydrogen (secondary N) is 1. The SMILES string of the molecule is CNC(=O)c1ccc(Cc2cc(OC)c3c(c2)C(=O)N(c2ncccc2F)CC3)cn1. The third-order valence-electron chi connectivity index (χ3n) is 5.24. The highest BCUT2D eigenvalue weighted by atomic mass is 19.1. The van der Waals surface area contributed by atoms with Crippen LogP contribution in [0.3, 0.4) is 0 Å². The summed E-state index contributed by atoms with van der Waals surface area (Å²) in [6, 6.07) is 9.96. The van der Waals surface area contributed by atoms with Crippen LogP contribution in [-0.2, 0) is 12.8 Å². The van der Waals surface area contributed by atoms with Crippen molar-refractivity contribution in [3.8, 4) is 5.75 Å². The van der Waals surface area contributed by atoms with Gasteiger partial charge in [-0.1, -0.05) is 6.07 Å². The molecule has 8 heteroatoms. The highest BCUT2D eigenvalue weighted by Gasteiger charge is 2.30. The quantitative estimate of drug-likeness (QED) is 0.686. The third-order valence-corrected chi connectivity index (χ3v) is 5.24. The van der Waals surface area contributed by atoms with Gasteiger partial charge in [-0.2, -0.15) is 0 Å². The molecule has 0 radical (unpaired) electrons. The normalized spacial score (nSPS) is 13.0.